The Bertz CT molecular complexity index is 1240. The molecule has 1 aromatic heterocycles. The second kappa shape index (κ2) is 9.55. The first kappa shape index (κ1) is 23.9. The van der Waals surface area contributed by atoms with Crippen LogP contribution in [0.15, 0.2) is 70.3 Å². The minimum absolute atomic E-state index is 0.0299. The SMILES string of the molecule is O=C(O)c1ccc(N=C2SC(Cc3cc(C(F)(F)F)ccc3Cl)C(=O)N2Cc2ccco2)cc1. The van der Waals surface area contributed by atoms with Gasteiger partial charge in [0.25, 0.3) is 0 Å². The van der Waals surface area contributed by atoms with E-state index >= 15 is 0 Å². The molecule has 3 aromatic rings. The lowest BCUT2D eigenvalue weighted by molar-refractivity contribution is -0.137. The Morgan fingerprint density at radius 1 is 1.18 bits per heavy atom. The highest BCUT2D eigenvalue weighted by molar-refractivity contribution is 8.15. The predicted molar refractivity (Wildman–Crippen MR) is 121 cm³/mol. The van der Waals surface area contributed by atoms with Gasteiger partial charge in [0.1, 0.15) is 5.76 Å². The number of thioether (sulfide) groups is 1. The van der Waals surface area contributed by atoms with Crippen LogP contribution in [-0.4, -0.2) is 32.3 Å². The number of furan rings is 1. The summed E-state index contributed by atoms with van der Waals surface area (Å²) in [6.07, 6.45) is -3.10. The molecule has 0 spiro atoms. The molecular formula is C23H16ClF3N2O4S. The fraction of sp³-hybridized carbons (Fsp3) is 0.174. The zero-order valence-electron chi connectivity index (χ0n) is 17.3. The molecule has 2 heterocycles. The summed E-state index contributed by atoms with van der Waals surface area (Å²) in [6, 6.07) is 12.2. The lowest BCUT2D eigenvalue weighted by Crippen LogP contribution is -2.32. The Morgan fingerprint density at radius 2 is 1.91 bits per heavy atom. The van der Waals surface area contributed by atoms with E-state index in [1.807, 2.05) is 0 Å². The van der Waals surface area contributed by atoms with Gasteiger partial charge >= 0.3 is 12.1 Å². The summed E-state index contributed by atoms with van der Waals surface area (Å²) >= 11 is 7.24. The zero-order chi connectivity index (χ0) is 24.5. The average molecular weight is 509 g/mol. The number of hydrogen-bond donors (Lipinski definition) is 1. The van der Waals surface area contributed by atoms with Crippen LogP contribution in [0, 0.1) is 0 Å². The summed E-state index contributed by atoms with van der Waals surface area (Å²) in [5.74, 6) is -0.932. The van der Waals surface area contributed by atoms with Gasteiger partial charge in [-0.2, -0.15) is 13.2 Å². The molecule has 0 aliphatic carbocycles. The van der Waals surface area contributed by atoms with Gasteiger partial charge < -0.3 is 9.52 Å². The second-order valence-corrected chi connectivity index (χ2v) is 8.94. The molecule has 11 heteroatoms. The number of aliphatic imine (C=N–C) groups is 1. The van der Waals surface area contributed by atoms with Crippen molar-refractivity contribution in [2.75, 3.05) is 0 Å². The van der Waals surface area contributed by atoms with E-state index < -0.39 is 23.0 Å². The second-order valence-electron chi connectivity index (χ2n) is 7.36. The van der Waals surface area contributed by atoms with E-state index in [1.165, 1.54) is 41.5 Å². The van der Waals surface area contributed by atoms with E-state index in [0.717, 1.165) is 23.9 Å². The highest BCUT2D eigenvalue weighted by Gasteiger charge is 2.39. The standard InChI is InChI=1S/C23H16ClF3N2O4S/c24-18-8-5-15(23(25,26)27)10-14(18)11-19-20(30)29(12-17-2-1-9-33-17)22(34-19)28-16-6-3-13(4-7-16)21(31)32/h1-10,19H,11-12H2,(H,31,32). The Hall–Kier alpha value is -3.24. The number of nitrogens with zero attached hydrogens (tertiary/aromatic N) is 2. The number of alkyl halides is 3. The van der Waals surface area contributed by atoms with Gasteiger partial charge in [0.05, 0.1) is 34.9 Å². The van der Waals surface area contributed by atoms with Crippen LogP contribution in [-0.2, 0) is 23.9 Å². The van der Waals surface area contributed by atoms with Gasteiger partial charge in [-0.15, -0.1) is 0 Å². The maximum atomic E-state index is 13.2. The Morgan fingerprint density at radius 3 is 2.53 bits per heavy atom. The molecule has 1 unspecified atom stereocenters. The lowest BCUT2D eigenvalue weighted by atomic mass is 10.1. The monoisotopic (exact) mass is 508 g/mol. The van der Waals surface area contributed by atoms with Gasteiger partial charge in [0.2, 0.25) is 5.91 Å². The van der Waals surface area contributed by atoms with Crippen LogP contribution in [0.5, 0.6) is 0 Å². The molecule has 0 radical (unpaired) electrons. The van der Waals surface area contributed by atoms with Crippen LogP contribution >= 0.6 is 23.4 Å². The normalized spacial score (nSPS) is 17.5. The van der Waals surface area contributed by atoms with Crippen molar-refractivity contribution in [3.63, 3.8) is 0 Å². The lowest BCUT2D eigenvalue weighted by Gasteiger charge is -2.15. The molecule has 1 N–H and O–H groups in total. The predicted octanol–water partition coefficient (Wildman–Crippen LogP) is 6.02. The maximum Gasteiger partial charge on any atom is 0.416 e. The van der Waals surface area contributed by atoms with E-state index in [0.29, 0.717) is 16.6 Å². The number of amides is 1. The molecule has 1 aliphatic rings. The first-order chi connectivity index (χ1) is 16.1. The molecule has 1 saturated heterocycles. The van der Waals surface area contributed by atoms with Crippen LogP contribution in [0.1, 0.15) is 27.2 Å². The van der Waals surface area contributed by atoms with Gasteiger partial charge in [0, 0.05) is 5.02 Å². The number of halogens is 4. The van der Waals surface area contributed by atoms with Crippen molar-refractivity contribution in [3.05, 3.63) is 88.3 Å². The van der Waals surface area contributed by atoms with Gasteiger partial charge in [-0.25, -0.2) is 9.79 Å². The number of rotatable bonds is 6. The van der Waals surface area contributed by atoms with E-state index in [-0.39, 0.29) is 35.0 Å². The van der Waals surface area contributed by atoms with Gasteiger partial charge in [-0.3, -0.25) is 9.69 Å². The molecule has 6 nitrogen and oxygen atoms in total. The number of benzene rings is 2. The van der Waals surface area contributed by atoms with Crippen molar-refractivity contribution < 1.29 is 32.3 Å². The third-order valence-electron chi connectivity index (χ3n) is 5.03. The summed E-state index contributed by atoms with van der Waals surface area (Å²) in [7, 11) is 0. The molecule has 34 heavy (non-hydrogen) atoms. The first-order valence-electron chi connectivity index (χ1n) is 9.90. The average Bonchev–Trinajstić information content (AvgIpc) is 3.39. The van der Waals surface area contributed by atoms with Crippen molar-refractivity contribution in [2.24, 2.45) is 4.99 Å². The highest BCUT2D eigenvalue weighted by Crippen LogP contribution is 2.36. The molecule has 176 valence electrons. The number of carbonyl (C=O) groups excluding carboxylic acids is 1. The third kappa shape index (κ3) is 5.28. The number of hydrogen-bond acceptors (Lipinski definition) is 5. The van der Waals surface area contributed by atoms with Gasteiger partial charge in [0.15, 0.2) is 5.17 Å². The molecule has 1 atom stereocenters. The van der Waals surface area contributed by atoms with Crippen molar-refractivity contribution in [2.45, 2.75) is 24.4 Å². The molecule has 0 bridgehead atoms. The molecule has 1 aliphatic heterocycles. The molecular weight excluding hydrogens is 493 g/mol. The fourth-order valence-electron chi connectivity index (χ4n) is 3.33. The number of amidine groups is 1. The highest BCUT2D eigenvalue weighted by atomic mass is 35.5. The van der Waals surface area contributed by atoms with Crippen LogP contribution < -0.4 is 0 Å². The number of aromatic carboxylic acids is 1. The van der Waals surface area contributed by atoms with Crippen molar-refractivity contribution in [3.8, 4) is 0 Å². The Balaban J connectivity index is 1.64. The largest absolute Gasteiger partial charge is 0.478 e. The summed E-state index contributed by atoms with van der Waals surface area (Å²) in [5.41, 5.74) is -0.138. The first-order valence-corrected chi connectivity index (χ1v) is 11.2. The van der Waals surface area contributed by atoms with E-state index in [9.17, 15) is 22.8 Å². The van der Waals surface area contributed by atoms with Crippen molar-refractivity contribution >= 4 is 46.1 Å². The van der Waals surface area contributed by atoms with E-state index in [1.54, 1.807) is 12.1 Å². The van der Waals surface area contributed by atoms with Crippen LogP contribution in [0.2, 0.25) is 5.02 Å². The van der Waals surface area contributed by atoms with Crippen molar-refractivity contribution in [1.82, 2.24) is 4.90 Å². The number of carboxylic acid groups (broad SMARTS) is 1. The number of carbonyl (C=O) groups is 2. The molecule has 1 fully saturated rings. The van der Waals surface area contributed by atoms with Gasteiger partial charge in [-0.05, 0) is 66.6 Å². The number of carboxylic acids is 1. The van der Waals surface area contributed by atoms with Crippen LogP contribution in [0.4, 0.5) is 18.9 Å². The maximum absolute atomic E-state index is 13.2. The topological polar surface area (TPSA) is 83.1 Å². The molecule has 2 aromatic carbocycles. The molecule has 1 amide bonds. The van der Waals surface area contributed by atoms with Gasteiger partial charge in [-0.1, -0.05) is 23.4 Å². The summed E-state index contributed by atoms with van der Waals surface area (Å²) in [5, 5.41) is 8.76. The minimum atomic E-state index is -4.54. The van der Waals surface area contributed by atoms with Crippen LogP contribution in [0.25, 0.3) is 0 Å². The molecule has 0 saturated carbocycles. The third-order valence-corrected chi connectivity index (χ3v) is 6.58. The zero-order valence-corrected chi connectivity index (χ0v) is 18.8. The smallest absolute Gasteiger partial charge is 0.416 e. The summed E-state index contributed by atoms with van der Waals surface area (Å²) in [6.45, 7) is 0.0811. The van der Waals surface area contributed by atoms with Crippen molar-refractivity contribution in [1.29, 1.82) is 0 Å². The van der Waals surface area contributed by atoms with E-state index in [4.69, 9.17) is 21.1 Å². The van der Waals surface area contributed by atoms with E-state index in [2.05, 4.69) is 4.99 Å². The fourth-order valence-corrected chi connectivity index (χ4v) is 4.71. The van der Waals surface area contributed by atoms with Crippen LogP contribution in [0.3, 0.4) is 0 Å². The Labute approximate surface area is 201 Å². The Kier molecular flexibility index (Phi) is 6.72. The minimum Gasteiger partial charge on any atom is -0.478 e. The summed E-state index contributed by atoms with van der Waals surface area (Å²) in [4.78, 5) is 30.2. The summed E-state index contributed by atoms with van der Waals surface area (Å²) < 4.78 is 44.8. The molecule has 4 rings (SSSR count). The quantitative estimate of drug-likeness (QED) is 0.440.